The maximum Gasteiger partial charge on any atom is 0.246 e. The Bertz CT molecular complexity index is 639. The molecule has 2 aromatic rings. The average molecular weight is 287 g/mol. The van der Waals surface area contributed by atoms with Crippen LogP contribution >= 0.6 is 11.6 Å². The first kappa shape index (κ1) is 13.2. The van der Waals surface area contributed by atoms with Gasteiger partial charge in [0, 0.05) is 22.3 Å². The number of halogens is 1. The molecule has 0 fully saturated rings. The van der Waals surface area contributed by atoms with Crippen molar-refractivity contribution in [2.24, 2.45) is 0 Å². The SMILES string of the molecule is CC(NC1C(=O)Nc2ccccc21)c1ccc(Cl)cc1. The number of hydrogen-bond acceptors (Lipinski definition) is 2. The van der Waals surface area contributed by atoms with Gasteiger partial charge in [-0.05, 0) is 30.7 Å². The molecule has 2 aromatic carbocycles. The van der Waals surface area contributed by atoms with E-state index < -0.39 is 0 Å². The van der Waals surface area contributed by atoms with Crippen LogP contribution in [0.5, 0.6) is 0 Å². The van der Waals surface area contributed by atoms with Gasteiger partial charge in [-0.2, -0.15) is 0 Å². The monoisotopic (exact) mass is 286 g/mol. The van der Waals surface area contributed by atoms with E-state index in [0.29, 0.717) is 5.02 Å². The summed E-state index contributed by atoms with van der Waals surface area (Å²) < 4.78 is 0. The molecule has 20 heavy (non-hydrogen) atoms. The molecule has 1 amide bonds. The second kappa shape index (κ2) is 5.27. The molecule has 0 aliphatic carbocycles. The van der Waals surface area contributed by atoms with Crippen LogP contribution in [0, 0.1) is 0 Å². The van der Waals surface area contributed by atoms with Crippen molar-refractivity contribution >= 4 is 23.2 Å². The molecule has 1 aliphatic heterocycles. The summed E-state index contributed by atoms with van der Waals surface area (Å²) in [7, 11) is 0. The fourth-order valence-corrected chi connectivity index (χ4v) is 2.60. The second-order valence-electron chi connectivity index (χ2n) is 4.95. The molecule has 1 aliphatic rings. The minimum atomic E-state index is -0.308. The van der Waals surface area contributed by atoms with Gasteiger partial charge in [0.2, 0.25) is 5.91 Å². The predicted octanol–water partition coefficient (Wildman–Crippen LogP) is 3.68. The molecule has 0 bridgehead atoms. The highest BCUT2D eigenvalue weighted by molar-refractivity contribution is 6.30. The van der Waals surface area contributed by atoms with Gasteiger partial charge in [-0.1, -0.05) is 41.9 Å². The second-order valence-corrected chi connectivity index (χ2v) is 5.39. The third-order valence-corrected chi connectivity index (χ3v) is 3.83. The van der Waals surface area contributed by atoms with Crippen LogP contribution in [0.4, 0.5) is 5.69 Å². The molecule has 3 rings (SSSR count). The van der Waals surface area contributed by atoms with Gasteiger partial charge in [0.05, 0.1) is 0 Å². The lowest BCUT2D eigenvalue weighted by Crippen LogP contribution is -2.29. The van der Waals surface area contributed by atoms with E-state index in [0.717, 1.165) is 16.8 Å². The van der Waals surface area contributed by atoms with Gasteiger partial charge in [-0.15, -0.1) is 0 Å². The van der Waals surface area contributed by atoms with Crippen LogP contribution in [-0.4, -0.2) is 5.91 Å². The van der Waals surface area contributed by atoms with Gasteiger partial charge in [-0.3, -0.25) is 10.1 Å². The molecule has 2 unspecified atom stereocenters. The highest BCUT2D eigenvalue weighted by Crippen LogP contribution is 2.32. The first-order valence-corrected chi connectivity index (χ1v) is 6.94. The lowest BCUT2D eigenvalue weighted by Gasteiger charge is -2.19. The number of amides is 1. The van der Waals surface area contributed by atoms with E-state index in [4.69, 9.17) is 11.6 Å². The molecule has 3 nitrogen and oxygen atoms in total. The van der Waals surface area contributed by atoms with Crippen molar-refractivity contribution < 1.29 is 4.79 Å². The zero-order valence-corrected chi connectivity index (χ0v) is 11.8. The Hall–Kier alpha value is -1.84. The smallest absolute Gasteiger partial charge is 0.246 e. The highest BCUT2D eigenvalue weighted by Gasteiger charge is 2.30. The molecule has 2 N–H and O–H groups in total. The molecular weight excluding hydrogens is 272 g/mol. The Balaban J connectivity index is 1.81. The number of fused-ring (bicyclic) bond motifs is 1. The van der Waals surface area contributed by atoms with Crippen LogP contribution in [0.2, 0.25) is 5.02 Å². The summed E-state index contributed by atoms with van der Waals surface area (Å²) in [5.41, 5.74) is 2.99. The lowest BCUT2D eigenvalue weighted by atomic mass is 10.0. The van der Waals surface area contributed by atoms with E-state index in [1.165, 1.54) is 0 Å². The molecule has 0 radical (unpaired) electrons. The van der Waals surface area contributed by atoms with Crippen LogP contribution < -0.4 is 10.6 Å². The number of rotatable bonds is 3. The molecular formula is C16H15ClN2O. The number of nitrogens with one attached hydrogen (secondary N) is 2. The third-order valence-electron chi connectivity index (χ3n) is 3.58. The molecule has 0 saturated carbocycles. The van der Waals surface area contributed by atoms with Gasteiger partial charge in [0.1, 0.15) is 6.04 Å². The molecule has 0 saturated heterocycles. The summed E-state index contributed by atoms with van der Waals surface area (Å²) in [6, 6.07) is 15.2. The summed E-state index contributed by atoms with van der Waals surface area (Å²) in [5.74, 6) is -0.00739. The fraction of sp³-hybridized carbons (Fsp3) is 0.188. The van der Waals surface area contributed by atoms with Crippen LogP contribution in [0.1, 0.15) is 30.1 Å². The first-order valence-electron chi connectivity index (χ1n) is 6.56. The largest absolute Gasteiger partial charge is 0.324 e. The number of carbonyl (C=O) groups excluding carboxylic acids is 1. The summed E-state index contributed by atoms with van der Waals surface area (Å²) in [6.45, 7) is 2.04. The minimum absolute atomic E-state index is 0.00739. The van der Waals surface area contributed by atoms with Crippen LogP contribution in [-0.2, 0) is 4.79 Å². The standard InChI is InChI=1S/C16H15ClN2O/c1-10(11-6-8-12(17)9-7-11)18-15-13-4-2-3-5-14(13)19-16(15)20/h2-10,15,18H,1H3,(H,19,20). The number of anilines is 1. The predicted molar refractivity (Wildman–Crippen MR) is 80.8 cm³/mol. The van der Waals surface area contributed by atoms with E-state index in [1.807, 2.05) is 55.5 Å². The van der Waals surface area contributed by atoms with Gasteiger partial charge in [-0.25, -0.2) is 0 Å². The number of hydrogen-bond donors (Lipinski definition) is 2. The molecule has 0 aromatic heterocycles. The lowest BCUT2D eigenvalue weighted by molar-refractivity contribution is -0.117. The van der Waals surface area contributed by atoms with Crippen molar-refractivity contribution in [3.05, 3.63) is 64.7 Å². The number of carbonyl (C=O) groups is 1. The quantitative estimate of drug-likeness (QED) is 0.903. The zero-order chi connectivity index (χ0) is 14.1. The van der Waals surface area contributed by atoms with Gasteiger partial charge in [0.25, 0.3) is 0 Å². The van der Waals surface area contributed by atoms with Crippen LogP contribution in [0.15, 0.2) is 48.5 Å². The van der Waals surface area contributed by atoms with Crippen molar-refractivity contribution in [2.45, 2.75) is 19.0 Å². The van der Waals surface area contributed by atoms with Crippen molar-refractivity contribution in [1.29, 1.82) is 0 Å². The minimum Gasteiger partial charge on any atom is -0.324 e. The molecule has 102 valence electrons. The van der Waals surface area contributed by atoms with E-state index in [2.05, 4.69) is 10.6 Å². The first-order chi connectivity index (χ1) is 9.65. The van der Waals surface area contributed by atoms with E-state index in [9.17, 15) is 4.79 Å². The van der Waals surface area contributed by atoms with Crippen molar-refractivity contribution in [1.82, 2.24) is 5.32 Å². The van der Waals surface area contributed by atoms with Crippen LogP contribution in [0.25, 0.3) is 0 Å². The maximum absolute atomic E-state index is 12.1. The topological polar surface area (TPSA) is 41.1 Å². The average Bonchev–Trinajstić information content (AvgIpc) is 2.76. The Morgan fingerprint density at radius 1 is 1.15 bits per heavy atom. The highest BCUT2D eigenvalue weighted by atomic mass is 35.5. The number of benzene rings is 2. The van der Waals surface area contributed by atoms with Gasteiger partial charge in [0.15, 0.2) is 0 Å². The normalized spacial score (nSPS) is 18.5. The van der Waals surface area contributed by atoms with E-state index in [-0.39, 0.29) is 18.0 Å². The fourth-order valence-electron chi connectivity index (χ4n) is 2.47. The van der Waals surface area contributed by atoms with Crippen molar-refractivity contribution in [3.63, 3.8) is 0 Å². The van der Waals surface area contributed by atoms with Gasteiger partial charge >= 0.3 is 0 Å². The summed E-state index contributed by atoms with van der Waals surface area (Å²) in [4.78, 5) is 12.1. The zero-order valence-electron chi connectivity index (χ0n) is 11.1. The number of para-hydroxylation sites is 1. The van der Waals surface area contributed by atoms with Crippen molar-refractivity contribution in [3.8, 4) is 0 Å². The molecule has 4 heteroatoms. The molecule has 0 spiro atoms. The Morgan fingerprint density at radius 3 is 2.60 bits per heavy atom. The Morgan fingerprint density at radius 2 is 1.85 bits per heavy atom. The van der Waals surface area contributed by atoms with E-state index >= 15 is 0 Å². The summed E-state index contributed by atoms with van der Waals surface area (Å²) in [6.07, 6.45) is 0. The van der Waals surface area contributed by atoms with Gasteiger partial charge < -0.3 is 5.32 Å². The molecule has 1 heterocycles. The van der Waals surface area contributed by atoms with Crippen LogP contribution in [0.3, 0.4) is 0 Å². The summed E-state index contributed by atoms with van der Waals surface area (Å²) >= 11 is 5.89. The molecule has 2 atom stereocenters. The maximum atomic E-state index is 12.1. The van der Waals surface area contributed by atoms with Crippen molar-refractivity contribution in [2.75, 3.05) is 5.32 Å². The summed E-state index contributed by atoms with van der Waals surface area (Å²) in [5, 5.41) is 6.97. The Labute approximate surface area is 123 Å². The third kappa shape index (κ3) is 2.42. The Kier molecular flexibility index (Phi) is 3.47. The van der Waals surface area contributed by atoms with E-state index in [1.54, 1.807) is 0 Å².